The number of sulfonamides is 1. The van der Waals surface area contributed by atoms with Crippen molar-refractivity contribution in [1.29, 1.82) is 0 Å². The first-order chi connectivity index (χ1) is 16.8. The second kappa shape index (κ2) is 7.47. The van der Waals surface area contributed by atoms with E-state index >= 15 is 0 Å². The lowest BCUT2D eigenvalue weighted by Crippen LogP contribution is -2.45. The number of nitrogens with one attached hydrogen (secondary N) is 1. The number of carbonyl (C=O) groups excluding carboxylic acids is 1. The van der Waals surface area contributed by atoms with Crippen molar-refractivity contribution in [2.45, 2.75) is 30.3 Å². The third-order valence-corrected chi connectivity index (χ3v) is 8.22. The van der Waals surface area contributed by atoms with Gasteiger partial charge in [0.25, 0.3) is 10.0 Å². The first kappa shape index (κ1) is 21.5. The molecule has 2 aliphatic heterocycles. The van der Waals surface area contributed by atoms with Gasteiger partial charge in [-0.05, 0) is 36.9 Å². The van der Waals surface area contributed by atoms with Crippen molar-refractivity contribution in [2.24, 2.45) is 0 Å². The summed E-state index contributed by atoms with van der Waals surface area (Å²) >= 11 is 0. The van der Waals surface area contributed by atoms with Crippen LogP contribution < -0.4 is 10.4 Å². The Morgan fingerprint density at radius 1 is 1.03 bits per heavy atom. The lowest BCUT2D eigenvalue weighted by atomic mass is 10.1. The van der Waals surface area contributed by atoms with Gasteiger partial charge < -0.3 is 10.0 Å². The van der Waals surface area contributed by atoms with Gasteiger partial charge in [0, 0.05) is 11.9 Å². The molecule has 1 saturated heterocycles. The second-order valence-corrected chi connectivity index (χ2v) is 10.7. The first-order valence-corrected chi connectivity index (χ1v) is 12.7. The summed E-state index contributed by atoms with van der Waals surface area (Å²) in [5.74, 6) is -0.238. The van der Waals surface area contributed by atoms with Crippen LogP contribution in [0.4, 0.5) is 4.79 Å². The minimum absolute atomic E-state index is 0.0114. The third-order valence-electron chi connectivity index (χ3n) is 6.88. The predicted molar refractivity (Wildman–Crippen MR) is 129 cm³/mol. The number of rotatable bonds is 3. The molecule has 4 aromatic rings. The monoisotopic (exact) mass is 490 g/mol. The average molecular weight is 491 g/mol. The summed E-state index contributed by atoms with van der Waals surface area (Å²) in [5.41, 5.74) is 1.39. The maximum atomic E-state index is 13.4. The number of fused-ring (bicyclic) bond motifs is 6. The quantitative estimate of drug-likeness (QED) is 0.458. The van der Waals surface area contributed by atoms with Crippen molar-refractivity contribution in [3.8, 4) is 11.6 Å². The van der Waals surface area contributed by atoms with Crippen LogP contribution in [0.25, 0.3) is 16.5 Å². The van der Waals surface area contributed by atoms with E-state index in [0.29, 0.717) is 17.8 Å². The molecule has 2 atom stereocenters. The van der Waals surface area contributed by atoms with Gasteiger partial charge in [-0.15, -0.1) is 0 Å². The Labute approximate surface area is 200 Å². The molecule has 0 spiro atoms. The lowest BCUT2D eigenvalue weighted by molar-refractivity contribution is 0.190. The van der Waals surface area contributed by atoms with E-state index in [1.165, 1.54) is 26.2 Å². The number of likely N-dealkylation sites (tertiary alicyclic amines) is 1. The molecule has 3 heterocycles. The van der Waals surface area contributed by atoms with Gasteiger partial charge in [0.1, 0.15) is 5.69 Å². The molecule has 0 saturated carbocycles. The van der Waals surface area contributed by atoms with Crippen molar-refractivity contribution in [2.75, 3.05) is 6.54 Å². The maximum absolute atomic E-state index is 13.4. The van der Waals surface area contributed by atoms with Crippen molar-refractivity contribution in [3.05, 3.63) is 88.5 Å². The summed E-state index contributed by atoms with van der Waals surface area (Å²) < 4.78 is 30.4. The molecular weight excluding hydrogens is 468 g/mol. The van der Waals surface area contributed by atoms with Gasteiger partial charge in [-0.25, -0.2) is 27.3 Å². The molecule has 1 fully saturated rings. The first-order valence-electron chi connectivity index (χ1n) is 11.2. The Hall–Kier alpha value is -4.05. The Kier molecular flexibility index (Phi) is 4.59. The highest BCUT2D eigenvalue weighted by Crippen LogP contribution is 2.48. The minimum Gasteiger partial charge on any atom is -0.493 e. The van der Waals surface area contributed by atoms with Crippen LogP contribution in [0.2, 0.25) is 0 Å². The lowest BCUT2D eigenvalue weighted by Gasteiger charge is -2.27. The summed E-state index contributed by atoms with van der Waals surface area (Å²) in [5, 5.41) is 12.9. The van der Waals surface area contributed by atoms with Crippen LogP contribution in [0.15, 0.2) is 76.4 Å². The largest absolute Gasteiger partial charge is 0.493 e. The summed E-state index contributed by atoms with van der Waals surface area (Å²) in [4.78, 5) is 27.8. The highest BCUT2D eigenvalue weighted by molar-refractivity contribution is 7.90. The number of imidazole rings is 1. The number of carbonyl (C=O) groups is 1. The van der Waals surface area contributed by atoms with Gasteiger partial charge in [-0.2, -0.15) is 0 Å². The topological polar surface area (TPSA) is 114 Å². The van der Waals surface area contributed by atoms with Crippen LogP contribution in [0.3, 0.4) is 0 Å². The summed E-state index contributed by atoms with van der Waals surface area (Å²) in [7, 11) is -4.07. The molecule has 9 nitrogen and oxygen atoms in total. The van der Waals surface area contributed by atoms with E-state index in [4.69, 9.17) is 0 Å². The van der Waals surface area contributed by atoms with Gasteiger partial charge in [0.2, 0.25) is 5.88 Å². The zero-order valence-electron chi connectivity index (χ0n) is 18.7. The number of urea groups is 1. The SMILES string of the molecule is Cc1ccc(S(=O)(=O)NC(=O)N2CC3CC2c2c(O)n(-c4cccc5ccccc45)c(=O)n23)cc1. The van der Waals surface area contributed by atoms with E-state index in [2.05, 4.69) is 4.72 Å². The van der Waals surface area contributed by atoms with Crippen LogP contribution in [0, 0.1) is 6.92 Å². The smallest absolute Gasteiger partial charge is 0.336 e. The van der Waals surface area contributed by atoms with Crippen molar-refractivity contribution < 1.29 is 18.3 Å². The van der Waals surface area contributed by atoms with E-state index in [1.807, 2.05) is 43.3 Å². The number of nitrogens with zero attached hydrogens (tertiary/aromatic N) is 3. The number of aromatic nitrogens is 2. The summed E-state index contributed by atoms with van der Waals surface area (Å²) in [6, 6.07) is 17.5. The summed E-state index contributed by atoms with van der Waals surface area (Å²) in [6.45, 7) is 2.01. The molecule has 2 N–H and O–H groups in total. The number of hydrogen-bond donors (Lipinski definition) is 2. The molecule has 6 rings (SSSR count). The van der Waals surface area contributed by atoms with E-state index in [9.17, 15) is 23.1 Å². The average Bonchev–Trinajstić information content (AvgIpc) is 3.50. The third kappa shape index (κ3) is 3.17. The maximum Gasteiger partial charge on any atom is 0.336 e. The zero-order chi connectivity index (χ0) is 24.5. The molecule has 2 bridgehead atoms. The van der Waals surface area contributed by atoms with E-state index in [-0.39, 0.29) is 29.1 Å². The second-order valence-electron chi connectivity index (χ2n) is 8.98. The van der Waals surface area contributed by atoms with E-state index in [1.54, 1.807) is 18.2 Å². The van der Waals surface area contributed by atoms with Gasteiger partial charge in [-0.1, -0.05) is 54.1 Å². The number of aromatic hydroxyl groups is 1. The molecule has 2 amide bonds. The molecule has 178 valence electrons. The number of aryl methyl sites for hydroxylation is 1. The predicted octanol–water partition coefficient (Wildman–Crippen LogP) is 3.21. The number of amides is 2. The van der Waals surface area contributed by atoms with Crippen molar-refractivity contribution in [1.82, 2.24) is 18.8 Å². The van der Waals surface area contributed by atoms with E-state index < -0.39 is 22.1 Å². The fraction of sp³-hybridized carbons (Fsp3) is 0.200. The van der Waals surface area contributed by atoms with Crippen LogP contribution in [-0.4, -0.2) is 40.1 Å². The summed E-state index contributed by atoms with van der Waals surface area (Å²) in [6.07, 6.45) is 0.437. The van der Waals surface area contributed by atoms with Crippen molar-refractivity contribution in [3.63, 3.8) is 0 Å². The highest BCUT2D eigenvalue weighted by Gasteiger charge is 2.49. The van der Waals surface area contributed by atoms with Gasteiger partial charge in [0.05, 0.1) is 22.7 Å². The Bertz CT molecular complexity index is 1670. The molecule has 0 aliphatic carbocycles. The van der Waals surface area contributed by atoms with E-state index in [0.717, 1.165) is 16.3 Å². The van der Waals surface area contributed by atoms with Gasteiger partial charge in [-0.3, -0.25) is 4.57 Å². The zero-order valence-corrected chi connectivity index (χ0v) is 19.6. The fourth-order valence-corrected chi connectivity index (χ4v) is 6.20. The number of hydrogen-bond acceptors (Lipinski definition) is 5. The Morgan fingerprint density at radius 3 is 2.51 bits per heavy atom. The standard InChI is InChI=1S/C25H22N4O5S/c1-15-9-11-18(12-10-15)35(33,34)26-24(31)27-14-17-13-21(27)22-23(30)29(25(32)28(17)22)20-8-4-6-16-5-2-3-7-19(16)20/h2-12,17,21,30H,13-14H2,1H3,(H,26,31). The van der Waals surface area contributed by atoms with Crippen LogP contribution in [-0.2, 0) is 10.0 Å². The highest BCUT2D eigenvalue weighted by atomic mass is 32.2. The molecular formula is C25H22N4O5S. The van der Waals surface area contributed by atoms with Crippen molar-refractivity contribution >= 4 is 26.8 Å². The number of benzene rings is 3. The van der Waals surface area contributed by atoms with Gasteiger partial charge >= 0.3 is 11.7 Å². The van der Waals surface area contributed by atoms with Crippen LogP contribution in [0.5, 0.6) is 5.88 Å². The van der Waals surface area contributed by atoms with Crippen LogP contribution in [0.1, 0.15) is 29.8 Å². The Morgan fingerprint density at radius 2 is 1.74 bits per heavy atom. The van der Waals surface area contributed by atoms with Crippen LogP contribution >= 0.6 is 0 Å². The molecule has 3 aromatic carbocycles. The van der Waals surface area contributed by atoms with Gasteiger partial charge in [0.15, 0.2) is 0 Å². The molecule has 0 radical (unpaired) electrons. The molecule has 2 unspecified atom stereocenters. The molecule has 10 heteroatoms. The molecule has 1 aromatic heterocycles. The molecule has 2 aliphatic rings. The normalized spacial score (nSPS) is 18.7. The fourth-order valence-electron chi connectivity index (χ4n) is 5.24. The molecule has 35 heavy (non-hydrogen) atoms. The minimum atomic E-state index is -4.07. The Balaban J connectivity index is 1.36.